The normalized spacial score (nSPS) is 21.4. The van der Waals surface area contributed by atoms with Gasteiger partial charge in [0, 0.05) is 61.6 Å². The Morgan fingerprint density at radius 3 is 2.91 bits per heavy atom. The molecule has 2 atom stereocenters. The van der Waals surface area contributed by atoms with Gasteiger partial charge in [-0.25, -0.2) is 4.98 Å². The maximum Gasteiger partial charge on any atom is 0.126 e. The summed E-state index contributed by atoms with van der Waals surface area (Å²) in [5.74, 6) is 0.918. The van der Waals surface area contributed by atoms with Crippen molar-refractivity contribution in [3.63, 3.8) is 0 Å². The minimum Gasteiger partial charge on any atom is -0.366 e. The lowest BCUT2D eigenvalue weighted by atomic mass is 9.93. The lowest BCUT2D eigenvalue weighted by Crippen LogP contribution is -2.36. The van der Waals surface area contributed by atoms with Gasteiger partial charge in [-0.15, -0.1) is 6.58 Å². The standard InChI is InChI=1S/C27H34FN5/c1-2-3-15-33-17-12-23-22-7-4-5-8-24(22)31-26(23)27(33)20-9-10-25(29-18-20)30-21-11-16-32(19-21)14-6-13-28/h2,4-5,7-10,18,21,27,31H,1,3,6,11-17,19H2,(H,29,30)/t21-,27+/m0/s1. The third-order valence-corrected chi connectivity index (χ3v) is 7.09. The molecular weight excluding hydrogens is 413 g/mol. The smallest absolute Gasteiger partial charge is 0.126 e. The van der Waals surface area contributed by atoms with E-state index < -0.39 is 0 Å². The number of rotatable bonds is 9. The van der Waals surface area contributed by atoms with Gasteiger partial charge in [0.1, 0.15) is 5.82 Å². The first-order valence-electron chi connectivity index (χ1n) is 12.2. The third kappa shape index (κ3) is 4.68. The highest BCUT2D eigenvalue weighted by atomic mass is 19.1. The molecule has 4 heterocycles. The molecule has 0 unspecified atom stereocenters. The van der Waals surface area contributed by atoms with Gasteiger partial charge in [0.15, 0.2) is 0 Å². The highest BCUT2D eigenvalue weighted by Crippen LogP contribution is 2.38. The number of H-pyrrole nitrogens is 1. The summed E-state index contributed by atoms with van der Waals surface area (Å²) in [5.41, 5.74) is 5.16. The van der Waals surface area contributed by atoms with E-state index in [1.807, 2.05) is 12.3 Å². The molecule has 1 fully saturated rings. The van der Waals surface area contributed by atoms with E-state index in [4.69, 9.17) is 4.98 Å². The van der Waals surface area contributed by atoms with E-state index in [0.717, 1.165) is 57.8 Å². The van der Waals surface area contributed by atoms with Crippen LogP contribution in [0.2, 0.25) is 0 Å². The Morgan fingerprint density at radius 1 is 1.18 bits per heavy atom. The van der Waals surface area contributed by atoms with Crippen LogP contribution in [0.3, 0.4) is 0 Å². The average Bonchev–Trinajstić information content (AvgIpc) is 3.45. The number of hydrogen-bond acceptors (Lipinski definition) is 4. The zero-order valence-electron chi connectivity index (χ0n) is 19.3. The number of likely N-dealkylation sites (tertiary alicyclic amines) is 1. The topological polar surface area (TPSA) is 47.2 Å². The van der Waals surface area contributed by atoms with Gasteiger partial charge >= 0.3 is 0 Å². The minimum absolute atomic E-state index is 0.172. The molecule has 174 valence electrons. The number of nitrogens with one attached hydrogen (secondary N) is 2. The van der Waals surface area contributed by atoms with Crippen LogP contribution in [-0.2, 0) is 6.42 Å². The number of hydrogen-bond donors (Lipinski definition) is 2. The quantitative estimate of drug-likeness (QED) is 0.457. The SMILES string of the molecule is C=CCCN1CCc2c([nH]c3ccccc23)[C@H]1c1ccc(N[C@H]2CCN(CCCF)C2)nc1. The Kier molecular flexibility index (Phi) is 6.74. The molecule has 33 heavy (non-hydrogen) atoms. The van der Waals surface area contributed by atoms with E-state index in [0.29, 0.717) is 12.5 Å². The number of aromatic amines is 1. The van der Waals surface area contributed by atoms with Crippen LogP contribution in [0, 0.1) is 0 Å². The fraction of sp³-hybridized carbons (Fsp3) is 0.444. The van der Waals surface area contributed by atoms with Gasteiger partial charge in [-0.05, 0) is 48.9 Å². The fourth-order valence-electron chi connectivity index (χ4n) is 5.46. The molecule has 2 N–H and O–H groups in total. The van der Waals surface area contributed by atoms with E-state index in [1.165, 1.54) is 27.7 Å². The number of nitrogens with zero attached hydrogens (tertiary/aromatic N) is 3. The Labute approximate surface area is 195 Å². The summed E-state index contributed by atoms with van der Waals surface area (Å²) in [6.45, 7) is 8.54. The second-order valence-electron chi connectivity index (χ2n) is 9.28. The molecule has 6 heteroatoms. The molecule has 0 spiro atoms. The van der Waals surface area contributed by atoms with E-state index in [9.17, 15) is 4.39 Å². The van der Waals surface area contributed by atoms with E-state index in [-0.39, 0.29) is 12.7 Å². The Hall–Kier alpha value is -2.70. The molecule has 0 saturated carbocycles. The van der Waals surface area contributed by atoms with Crippen molar-refractivity contribution in [1.82, 2.24) is 19.8 Å². The Balaban J connectivity index is 1.36. The summed E-state index contributed by atoms with van der Waals surface area (Å²) in [7, 11) is 0. The van der Waals surface area contributed by atoms with Crippen molar-refractivity contribution in [3.8, 4) is 0 Å². The van der Waals surface area contributed by atoms with Crippen molar-refractivity contribution in [2.24, 2.45) is 0 Å². The van der Waals surface area contributed by atoms with Crippen LogP contribution in [-0.4, -0.2) is 65.2 Å². The average molecular weight is 448 g/mol. The van der Waals surface area contributed by atoms with Crippen molar-refractivity contribution in [1.29, 1.82) is 0 Å². The van der Waals surface area contributed by atoms with Crippen molar-refractivity contribution >= 4 is 16.7 Å². The molecule has 2 aromatic heterocycles. The van der Waals surface area contributed by atoms with Gasteiger partial charge in [-0.1, -0.05) is 30.3 Å². The van der Waals surface area contributed by atoms with Crippen LogP contribution >= 0.6 is 0 Å². The van der Waals surface area contributed by atoms with Gasteiger partial charge in [0.25, 0.3) is 0 Å². The molecule has 2 aliphatic heterocycles. The van der Waals surface area contributed by atoms with Crippen molar-refractivity contribution in [3.05, 3.63) is 72.1 Å². The van der Waals surface area contributed by atoms with Gasteiger partial charge < -0.3 is 15.2 Å². The molecule has 2 aliphatic rings. The number of anilines is 1. The van der Waals surface area contributed by atoms with Crippen LogP contribution in [0.15, 0.2) is 55.3 Å². The van der Waals surface area contributed by atoms with Crippen LogP contribution < -0.4 is 5.32 Å². The largest absolute Gasteiger partial charge is 0.366 e. The molecule has 5 rings (SSSR count). The zero-order chi connectivity index (χ0) is 22.6. The molecule has 1 saturated heterocycles. The number of pyridine rings is 1. The first kappa shape index (κ1) is 22.1. The molecule has 1 aromatic carbocycles. The van der Waals surface area contributed by atoms with Crippen LogP contribution in [0.5, 0.6) is 0 Å². The summed E-state index contributed by atoms with van der Waals surface area (Å²) < 4.78 is 12.5. The molecule has 0 amide bonds. The highest BCUT2D eigenvalue weighted by Gasteiger charge is 2.31. The van der Waals surface area contributed by atoms with E-state index in [1.54, 1.807) is 0 Å². The minimum atomic E-state index is -0.235. The maximum atomic E-state index is 12.5. The lowest BCUT2D eigenvalue weighted by molar-refractivity contribution is 0.214. The summed E-state index contributed by atoms with van der Waals surface area (Å²) in [4.78, 5) is 13.4. The Bertz CT molecular complexity index is 1080. The summed E-state index contributed by atoms with van der Waals surface area (Å²) in [6, 6.07) is 13.5. The fourth-order valence-corrected chi connectivity index (χ4v) is 5.46. The zero-order valence-corrected chi connectivity index (χ0v) is 19.3. The highest BCUT2D eigenvalue weighted by molar-refractivity contribution is 5.85. The first-order valence-corrected chi connectivity index (χ1v) is 12.2. The third-order valence-electron chi connectivity index (χ3n) is 7.09. The number of fused-ring (bicyclic) bond motifs is 3. The molecular formula is C27H34FN5. The predicted molar refractivity (Wildman–Crippen MR) is 134 cm³/mol. The van der Waals surface area contributed by atoms with Gasteiger partial charge in [0.05, 0.1) is 12.7 Å². The van der Waals surface area contributed by atoms with E-state index in [2.05, 4.69) is 63.1 Å². The summed E-state index contributed by atoms with van der Waals surface area (Å²) in [5, 5.41) is 4.92. The van der Waals surface area contributed by atoms with Gasteiger partial charge in [-0.3, -0.25) is 9.29 Å². The second kappa shape index (κ2) is 10.1. The monoisotopic (exact) mass is 447 g/mol. The van der Waals surface area contributed by atoms with Gasteiger partial charge in [0.2, 0.25) is 0 Å². The Morgan fingerprint density at radius 2 is 2.09 bits per heavy atom. The molecule has 3 aromatic rings. The molecule has 0 bridgehead atoms. The van der Waals surface area contributed by atoms with Crippen molar-refractivity contribution < 1.29 is 4.39 Å². The van der Waals surface area contributed by atoms with E-state index >= 15 is 0 Å². The van der Waals surface area contributed by atoms with Crippen molar-refractivity contribution in [2.45, 2.75) is 37.8 Å². The number of benzene rings is 1. The lowest BCUT2D eigenvalue weighted by Gasteiger charge is -2.36. The number of alkyl halides is 1. The summed E-state index contributed by atoms with van der Waals surface area (Å²) in [6.07, 6.45) is 7.76. The van der Waals surface area contributed by atoms with Crippen LogP contribution in [0.25, 0.3) is 10.9 Å². The van der Waals surface area contributed by atoms with Crippen molar-refractivity contribution in [2.75, 3.05) is 44.7 Å². The van der Waals surface area contributed by atoms with Crippen LogP contribution in [0.4, 0.5) is 10.2 Å². The second-order valence-corrected chi connectivity index (χ2v) is 9.28. The first-order chi connectivity index (χ1) is 16.3. The van der Waals surface area contributed by atoms with Gasteiger partial charge in [-0.2, -0.15) is 0 Å². The molecule has 5 nitrogen and oxygen atoms in total. The number of aromatic nitrogens is 2. The maximum absolute atomic E-state index is 12.5. The summed E-state index contributed by atoms with van der Waals surface area (Å²) >= 11 is 0. The number of halogens is 1. The van der Waals surface area contributed by atoms with Crippen LogP contribution in [0.1, 0.15) is 42.1 Å². The predicted octanol–water partition coefficient (Wildman–Crippen LogP) is 4.93. The molecule has 0 aliphatic carbocycles. The number of para-hydroxylation sites is 1. The molecule has 0 radical (unpaired) electrons.